The fourth-order valence-corrected chi connectivity index (χ4v) is 2.19. The first-order valence-electron chi connectivity index (χ1n) is 4.62. The maximum absolute atomic E-state index is 12.5. The van der Waals surface area contributed by atoms with Gasteiger partial charge in [0.2, 0.25) is 5.92 Å². The Hall–Kier alpha value is -0.180. The number of hydrogen-bond acceptors (Lipinski definition) is 1. The molecular formula is C9H15F2N. The summed E-state index contributed by atoms with van der Waals surface area (Å²) < 4.78 is 24.9. The van der Waals surface area contributed by atoms with Gasteiger partial charge in [0.15, 0.2) is 0 Å². The summed E-state index contributed by atoms with van der Waals surface area (Å²) in [4.78, 5) is 0. The first kappa shape index (κ1) is 8.42. The van der Waals surface area contributed by atoms with Crippen LogP contribution >= 0.6 is 0 Å². The summed E-state index contributed by atoms with van der Waals surface area (Å²) in [7, 11) is 1.93. The Bertz CT molecular complexity index is 179. The highest BCUT2D eigenvalue weighted by Gasteiger charge is 2.51. The summed E-state index contributed by atoms with van der Waals surface area (Å²) >= 11 is 0. The topological polar surface area (TPSA) is 12.0 Å². The van der Waals surface area contributed by atoms with Gasteiger partial charge >= 0.3 is 0 Å². The second kappa shape index (κ2) is 2.41. The minimum Gasteiger partial charge on any atom is -0.314 e. The van der Waals surface area contributed by atoms with E-state index in [0.717, 1.165) is 6.42 Å². The predicted molar refractivity (Wildman–Crippen MR) is 43.3 cm³/mol. The first-order chi connectivity index (χ1) is 5.55. The lowest BCUT2D eigenvalue weighted by molar-refractivity contribution is -0.114. The molecule has 2 saturated carbocycles. The molecule has 2 rings (SSSR count). The molecule has 0 bridgehead atoms. The number of halogens is 2. The van der Waals surface area contributed by atoms with Crippen molar-refractivity contribution in [2.45, 2.75) is 43.6 Å². The van der Waals surface area contributed by atoms with E-state index in [0.29, 0.717) is 0 Å². The third-order valence-corrected chi connectivity index (χ3v) is 3.24. The van der Waals surface area contributed by atoms with E-state index < -0.39 is 5.92 Å². The molecule has 70 valence electrons. The molecule has 1 N–H and O–H groups in total. The van der Waals surface area contributed by atoms with Gasteiger partial charge in [-0.3, -0.25) is 0 Å². The van der Waals surface area contributed by atoms with E-state index in [4.69, 9.17) is 0 Å². The monoisotopic (exact) mass is 175 g/mol. The minimum absolute atomic E-state index is 0.121. The highest BCUT2D eigenvalue weighted by molar-refractivity contribution is 5.04. The molecule has 2 aliphatic carbocycles. The van der Waals surface area contributed by atoms with Crippen LogP contribution in [-0.2, 0) is 0 Å². The molecule has 12 heavy (non-hydrogen) atoms. The van der Waals surface area contributed by atoms with E-state index in [1.54, 1.807) is 0 Å². The van der Waals surface area contributed by atoms with Crippen LogP contribution in [0.15, 0.2) is 0 Å². The summed E-state index contributed by atoms with van der Waals surface area (Å²) in [6, 6.07) is 0. The third kappa shape index (κ3) is 1.47. The highest BCUT2D eigenvalue weighted by atomic mass is 19.3. The number of rotatable bonds is 3. The standard InChI is InChI=1S/C9H15F2N/c1-12-8(2-3-8)4-7-5-9(10,11)6-7/h7,12H,2-6H2,1H3. The van der Waals surface area contributed by atoms with Gasteiger partial charge in [-0.25, -0.2) is 8.78 Å². The quantitative estimate of drug-likeness (QED) is 0.693. The van der Waals surface area contributed by atoms with Gasteiger partial charge in [-0.15, -0.1) is 0 Å². The summed E-state index contributed by atoms with van der Waals surface area (Å²) in [6.07, 6.45) is 3.54. The van der Waals surface area contributed by atoms with Gasteiger partial charge in [-0.1, -0.05) is 0 Å². The smallest absolute Gasteiger partial charge is 0.248 e. The molecule has 1 nitrogen and oxygen atoms in total. The number of hydrogen-bond donors (Lipinski definition) is 1. The van der Waals surface area contributed by atoms with Gasteiger partial charge < -0.3 is 5.32 Å². The van der Waals surface area contributed by atoms with E-state index in [2.05, 4.69) is 5.32 Å². The lowest BCUT2D eigenvalue weighted by Gasteiger charge is -2.37. The minimum atomic E-state index is -2.34. The zero-order chi connectivity index (χ0) is 8.82. The van der Waals surface area contributed by atoms with Gasteiger partial charge in [-0.2, -0.15) is 0 Å². The molecule has 0 radical (unpaired) electrons. The Morgan fingerprint density at radius 2 is 1.92 bits per heavy atom. The summed E-state index contributed by atoms with van der Waals surface area (Å²) in [6.45, 7) is 0. The molecule has 0 atom stereocenters. The molecule has 0 amide bonds. The van der Waals surface area contributed by atoms with Crippen molar-refractivity contribution in [3.05, 3.63) is 0 Å². The molecule has 0 spiro atoms. The van der Waals surface area contributed by atoms with E-state index in [1.165, 1.54) is 12.8 Å². The van der Waals surface area contributed by atoms with Gasteiger partial charge in [0.1, 0.15) is 0 Å². The molecule has 0 aromatic carbocycles. The van der Waals surface area contributed by atoms with Crippen molar-refractivity contribution in [2.75, 3.05) is 7.05 Å². The van der Waals surface area contributed by atoms with Crippen molar-refractivity contribution in [1.29, 1.82) is 0 Å². The highest BCUT2D eigenvalue weighted by Crippen LogP contribution is 2.50. The predicted octanol–water partition coefficient (Wildman–Crippen LogP) is 2.17. The van der Waals surface area contributed by atoms with E-state index >= 15 is 0 Å². The fraction of sp³-hybridized carbons (Fsp3) is 1.00. The number of nitrogens with one attached hydrogen (secondary N) is 1. The first-order valence-corrected chi connectivity index (χ1v) is 4.62. The molecule has 0 heterocycles. The molecule has 0 aromatic rings. The zero-order valence-electron chi connectivity index (χ0n) is 7.37. The maximum Gasteiger partial charge on any atom is 0.248 e. The van der Waals surface area contributed by atoms with Crippen molar-refractivity contribution >= 4 is 0 Å². The Morgan fingerprint density at radius 1 is 1.33 bits per heavy atom. The molecule has 0 saturated heterocycles. The normalized spacial score (nSPS) is 31.2. The lowest BCUT2D eigenvalue weighted by Crippen LogP contribution is -2.40. The van der Waals surface area contributed by atoms with Gasteiger partial charge in [0, 0.05) is 18.4 Å². The van der Waals surface area contributed by atoms with Gasteiger partial charge in [0.05, 0.1) is 0 Å². The van der Waals surface area contributed by atoms with Crippen LogP contribution < -0.4 is 5.32 Å². The molecule has 0 aromatic heterocycles. The molecule has 2 fully saturated rings. The Morgan fingerprint density at radius 3 is 2.25 bits per heavy atom. The third-order valence-electron chi connectivity index (χ3n) is 3.24. The Labute approximate surface area is 71.5 Å². The average Bonchev–Trinajstić information content (AvgIpc) is 2.66. The molecule has 2 aliphatic rings. The summed E-state index contributed by atoms with van der Waals surface area (Å²) in [5.41, 5.74) is 0.251. The van der Waals surface area contributed by atoms with Crippen LogP contribution in [0.4, 0.5) is 8.78 Å². The largest absolute Gasteiger partial charge is 0.314 e. The van der Waals surface area contributed by atoms with E-state index in [-0.39, 0.29) is 24.3 Å². The van der Waals surface area contributed by atoms with Crippen LogP contribution in [0.1, 0.15) is 32.1 Å². The van der Waals surface area contributed by atoms with Gasteiger partial charge in [0.25, 0.3) is 0 Å². The van der Waals surface area contributed by atoms with Crippen molar-refractivity contribution in [3.63, 3.8) is 0 Å². The molecule has 0 unspecified atom stereocenters. The van der Waals surface area contributed by atoms with Crippen molar-refractivity contribution in [1.82, 2.24) is 5.32 Å². The van der Waals surface area contributed by atoms with E-state index in [1.807, 2.05) is 7.05 Å². The van der Waals surface area contributed by atoms with Gasteiger partial charge in [-0.05, 0) is 32.2 Å². The second-order valence-electron chi connectivity index (χ2n) is 4.36. The van der Waals surface area contributed by atoms with Crippen LogP contribution in [0.25, 0.3) is 0 Å². The maximum atomic E-state index is 12.5. The SMILES string of the molecule is CNC1(CC2CC(F)(F)C2)CC1. The second-order valence-corrected chi connectivity index (χ2v) is 4.36. The molecular weight excluding hydrogens is 160 g/mol. The van der Waals surface area contributed by atoms with Crippen LogP contribution in [0.2, 0.25) is 0 Å². The van der Waals surface area contributed by atoms with Crippen LogP contribution in [0, 0.1) is 5.92 Å². The number of alkyl halides is 2. The van der Waals surface area contributed by atoms with Crippen molar-refractivity contribution in [2.24, 2.45) is 5.92 Å². The summed E-state index contributed by atoms with van der Waals surface area (Å²) in [5.74, 6) is -2.07. The van der Waals surface area contributed by atoms with Crippen molar-refractivity contribution in [3.8, 4) is 0 Å². The lowest BCUT2D eigenvalue weighted by atomic mass is 9.77. The Balaban J connectivity index is 1.76. The molecule has 0 aliphatic heterocycles. The molecule has 3 heteroatoms. The van der Waals surface area contributed by atoms with Crippen LogP contribution in [-0.4, -0.2) is 18.5 Å². The zero-order valence-corrected chi connectivity index (χ0v) is 7.37. The van der Waals surface area contributed by atoms with E-state index in [9.17, 15) is 8.78 Å². The average molecular weight is 175 g/mol. The van der Waals surface area contributed by atoms with Crippen LogP contribution in [0.3, 0.4) is 0 Å². The van der Waals surface area contributed by atoms with Crippen molar-refractivity contribution < 1.29 is 8.78 Å². The Kier molecular flexibility index (Phi) is 1.69. The van der Waals surface area contributed by atoms with Crippen LogP contribution in [0.5, 0.6) is 0 Å². The summed E-state index contributed by atoms with van der Waals surface area (Å²) in [5, 5.41) is 3.23. The fourth-order valence-electron chi connectivity index (χ4n) is 2.19.